The predicted molar refractivity (Wildman–Crippen MR) is 97.6 cm³/mol. The molecule has 1 amide bonds. The van der Waals surface area contributed by atoms with Crippen LogP contribution < -0.4 is 5.73 Å². The number of carbonyl (C=O) groups excluding carboxylic acids is 1. The normalized spacial score (nSPS) is 16.2. The molecule has 0 bridgehead atoms. The molecular formula is C14H21Cl2N5O2S. The molecule has 2 N–H and O–H groups in total. The molecule has 1 aliphatic rings. The van der Waals surface area contributed by atoms with E-state index in [2.05, 4.69) is 15.0 Å². The average molecular weight is 394 g/mol. The number of nitrogens with zero attached hydrogens (tertiary/aromatic N) is 4. The number of rotatable bonds is 4. The maximum Gasteiger partial charge on any atom is 0.241 e. The molecule has 1 saturated heterocycles. The van der Waals surface area contributed by atoms with Gasteiger partial charge >= 0.3 is 0 Å². The maximum absolute atomic E-state index is 11.8. The molecule has 0 unspecified atom stereocenters. The second-order valence-corrected chi connectivity index (χ2v) is 6.33. The molecule has 10 heteroatoms. The molecule has 0 aromatic carbocycles. The first-order chi connectivity index (χ1) is 10.6. The van der Waals surface area contributed by atoms with Gasteiger partial charge < -0.3 is 15.2 Å². The summed E-state index contributed by atoms with van der Waals surface area (Å²) in [5.74, 6) is 1.25. The summed E-state index contributed by atoms with van der Waals surface area (Å²) in [7, 11) is 0. The number of thiophene rings is 1. The van der Waals surface area contributed by atoms with Crippen LogP contribution in [0.15, 0.2) is 22.0 Å². The van der Waals surface area contributed by atoms with Crippen LogP contribution in [0.1, 0.15) is 12.8 Å². The second-order valence-electron chi connectivity index (χ2n) is 5.38. The maximum atomic E-state index is 11.8. The summed E-state index contributed by atoms with van der Waals surface area (Å²) in [5, 5.41) is 5.99. The lowest BCUT2D eigenvalue weighted by Gasteiger charge is -2.34. The minimum absolute atomic E-state index is 0. The Hall–Kier alpha value is -1.19. The van der Waals surface area contributed by atoms with E-state index in [4.69, 9.17) is 10.3 Å². The van der Waals surface area contributed by atoms with Crippen molar-refractivity contribution in [3.63, 3.8) is 0 Å². The second kappa shape index (κ2) is 9.33. The van der Waals surface area contributed by atoms with Crippen LogP contribution in [0.3, 0.4) is 0 Å². The summed E-state index contributed by atoms with van der Waals surface area (Å²) >= 11 is 1.59. The lowest BCUT2D eigenvalue weighted by molar-refractivity contribution is -0.134. The van der Waals surface area contributed by atoms with Gasteiger partial charge in [0, 0.05) is 26.2 Å². The highest BCUT2D eigenvalue weighted by Crippen LogP contribution is 2.21. The summed E-state index contributed by atoms with van der Waals surface area (Å²) in [5.41, 5.74) is 5.64. The lowest BCUT2D eigenvalue weighted by Crippen LogP contribution is -2.52. The molecular weight excluding hydrogens is 373 g/mol. The molecule has 0 saturated carbocycles. The Kier molecular flexibility index (Phi) is 8.11. The van der Waals surface area contributed by atoms with Crippen molar-refractivity contribution in [1.29, 1.82) is 0 Å². The van der Waals surface area contributed by atoms with Crippen molar-refractivity contribution in [3.8, 4) is 10.7 Å². The fourth-order valence-electron chi connectivity index (χ4n) is 2.43. The number of hydrogen-bond acceptors (Lipinski definition) is 7. The first-order valence-corrected chi connectivity index (χ1v) is 8.14. The SMILES string of the molecule is C[C@@H](N)C(=O)N1CCN(Cc2nc(-c3cccs3)no2)CC1.Cl.Cl. The van der Waals surface area contributed by atoms with Crippen LogP contribution in [-0.4, -0.2) is 58.1 Å². The number of nitrogens with two attached hydrogens (primary N) is 1. The van der Waals surface area contributed by atoms with Crippen molar-refractivity contribution in [3.05, 3.63) is 23.4 Å². The molecule has 0 aliphatic carbocycles. The van der Waals surface area contributed by atoms with Crippen LogP contribution in [0.5, 0.6) is 0 Å². The standard InChI is InChI=1S/C14H19N5O2S.2ClH/c1-10(15)14(20)19-6-4-18(5-7-19)9-12-16-13(17-21-12)11-3-2-8-22-11;;/h2-3,8,10H,4-7,9,15H2,1H3;2*1H/t10-;;/m1../s1. The summed E-state index contributed by atoms with van der Waals surface area (Å²) in [4.78, 5) is 21.3. The predicted octanol–water partition coefficient (Wildman–Crippen LogP) is 1.63. The molecule has 1 aliphatic heterocycles. The zero-order valence-electron chi connectivity index (χ0n) is 13.3. The van der Waals surface area contributed by atoms with Gasteiger partial charge in [-0.15, -0.1) is 36.2 Å². The molecule has 3 rings (SSSR count). The molecule has 2 aromatic rings. The van der Waals surface area contributed by atoms with Crippen molar-refractivity contribution < 1.29 is 9.32 Å². The molecule has 24 heavy (non-hydrogen) atoms. The Morgan fingerprint density at radius 3 is 2.67 bits per heavy atom. The van der Waals surface area contributed by atoms with Crippen molar-refractivity contribution in [2.75, 3.05) is 26.2 Å². The first kappa shape index (κ1) is 20.9. The fourth-order valence-corrected chi connectivity index (χ4v) is 3.08. The van der Waals surface area contributed by atoms with Crippen LogP contribution >= 0.6 is 36.2 Å². The van der Waals surface area contributed by atoms with E-state index in [1.165, 1.54) is 0 Å². The number of amides is 1. The van der Waals surface area contributed by atoms with Crippen LogP contribution in [0.2, 0.25) is 0 Å². The number of hydrogen-bond donors (Lipinski definition) is 1. The zero-order valence-corrected chi connectivity index (χ0v) is 15.7. The molecule has 1 fully saturated rings. The monoisotopic (exact) mass is 393 g/mol. The highest BCUT2D eigenvalue weighted by Gasteiger charge is 2.24. The van der Waals surface area contributed by atoms with Crippen LogP contribution in [-0.2, 0) is 11.3 Å². The van der Waals surface area contributed by atoms with Gasteiger partial charge in [0.05, 0.1) is 17.5 Å². The van der Waals surface area contributed by atoms with Gasteiger partial charge in [0.15, 0.2) is 0 Å². The number of halogens is 2. The number of piperazine rings is 1. The number of aromatic nitrogens is 2. The van der Waals surface area contributed by atoms with E-state index in [1.807, 2.05) is 22.4 Å². The van der Waals surface area contributed by atoms with E-state index >= 15 is 0 Å². The van der Waals surface area contributed by atoms with E-state index in [-0.39, 0.29) is 30.7 Å². The molecule has 2 aromatic heterocycles. The van der Waals surface area contributed by atoms with Gasteiger partial charge in [-0.05, 0) is 18.4 Å². The fraction of sp³-hybridized carbons (Fsp3) is 0.500. The van der Waals surface area contributed by atoms with Crippen LogP contribution in [0, 0.1) is 0 Å². The van der Waals surface area contributed by atoms with Gasteiger partial charge in [-0.25, -0.2) is 0 Å². The Morgan fingerprint density at radius 2 is 2.08 bits per heavy atom. The Balaban J connectivity index is 0.00000144. The highest BCUT2D eigenvalue weighted by molar-refractivity contribution is 7.13. The van der Waals surface area contributed by atoms with E-state index in [0.717, 1.165) is 18.0 Å². The van der Waals surface area contributed by atoms with Crippen LogP contribution in [0.4, 0.5) is 0 Å². The summed E-state index contributed by atoms with van der Waals surface area (Å²) in [6, 6.07) is 3.50. The molecule has 3 heterocycles. The zero-order chi connectivity index (χ0) is 15.5. The van der Waals surface area contributed by atoms with Crippen molar-refractivity contribution >= 4 is 42.1 Å². The van der Waals surface area contributed by atoms with Crippen molar-refractivity contribution in [2.45, 2.75) is 19.5 Å². The highest BCUT2D eigenvalue weighted by atomic mass is 35.5. The largest absolute Gasteiger partial charge is 0.339 e. The molecule has 0 spiro atoms. The van der Waals surface area contributed by atoms with Crippen molar-refractivity contribution in [1.82, 2.24) is 19.9 Å². The third-order valence-corrected chi connectivity index (χ3v) is 4.51. The van der Waals surface area contributed by atoms with Gasteiger partial charge in [-0.3, -0.25) is 9.69 Å². The molecule has 7 nitrogen and oxygen atoms in total. The Morgan fingerprint density at radius 1 is 1.38 bits per heavy atom. The summed E-state index contributed by atoms with van der Waals surface area (Å²) in [6.07, 6.45) is 0. The van der Waals surface area contributed by atoms with E-state index < -0.39 is 6.04 Å². The van der Waals surface area contributed by atoms with E-state index in [9.17, 15) is 4.79 Å². The minimum atomic E-state index is -0.434. The summed E-state index contributed by atoms with van der Waals surface area (Å²) < 4.78 is 5.31. The van der Waals surface area contributed by atoms with E-state index in [1.54, 1.807) is 18.3 Å². The minimum Gasteiger partial charge on any atom is -0.339 e. The Labute approximate surface area is 157 Å². The average Bonchev–Trinajstić information content (AvgIpc) is 3.18. The van der Waals surface area contributed by atoms with Crippen LogP contribution in [0.25, 0.3) is 10.7 Å². The topological polar surface area (TPSA) is 88.5 Å². The third kappa shape index (κ3) is 4.90. The quantitative estimate of drug-likeness (QED) is 0.848. The smallest absolute Gasteiger partial charge is 0.241 e. The molecule has 134 valence electrons. The molecule has 1 atom stereocenters. The van der Waals surface area contributed by atoms with Crippen molar-refractivity contribution in [2.24, 2.45) is 5.73 Å². The van der Waals surface area contributed by atoms with E-state index in [0.29, 0.717) is 31.3 Å². The van der Waals surface area contributed by atoms with Gasteiger partial charge in [0.25, 0.3) is 0 Å². The van der Waals surface area contributed by atoms with Gasteiger partial charge in [-0.1, -0.05) is 11.2 Å². The first-order valence-electron chi connectivity index (χ1n) is 7.26. The lowest BCUT2D eigenvalue weighted by atomic mass is 10.2. The third-order valence-electron chi connectivity index (χ3n) is 3.64. The molecule has 0 radical (unpaired) electrons. The van der Waals surface area contributed by atoms with Gasteiger partial charge in [0.2, 0.25) is 17.6 Å². The number of carbonyl (C=O) groups is 1. The summed E-state index contributed by atoms with van der Waals surface area (Å²) in [6.45, 7) is 5.28. The Bertz CT molecular complexity index is 627. The van der Waals surface area contributed by atoms with Gasteiger partial charge in [0.1, 0.15) is 0 Å². The van der Waals surface area contributed by atoms with Gasteiger partial charge in [-0.2, -0.15) is 4.98 Å².